The first kappa shape index (κ1) is 19.1. The molecule has 4 nitrogen and oxygen atoms in total. The summed E-state index contributed by atoms with van der Waals surface area (Å²) in [4.78, 5) is 29.4. The van der Waals surface area contributed by atoms with E-state index in [9.17, 15) is 14.0 Å². The number of halogens is 1. The van der Waals surface area contributed by atoms with Crippen molar-refractivity contribution < 1.29 is 14.0 Å². The largest absolute Gasteiger partial charge is 0.338 e. The van der Waals surface area contributed by atoms with Crippen LogP contribution in [0.1, 0.15) is 35.7 Å². The minimum Gasteiger partial charge on any atom is -0.338 e. The van der Waals surface area contributed by atoms with Crippen LogP contribution in [0.15, 0.2) is 48.5 Å². The highest BCUT2D eigenvalue weighted by molar-refractivity contribution is 5.97. The highest BCUT2D eigenvalue weighted by Crippen LogP contribution is 2.26. The second-order valence-electron chi connectivity index (χ2n) is 6.97. The van der Waals surface area contributed by atoms with Crippen LogP contribution in [-0.2, 0) is 4.79 Å². The predicted octanol–water partition coefficient (Wildman–Crippen LogP) is 4.04. The van der Waals surface area contributed by atoms with Gasteiger partial charge in [-0.05, 0) is 62.6 Å². The first-order valence-electron chi connectivity index (χ1n) is 9.43. The van der Waals surface area contributed by atoms with Gasteiger partial charge >= 0.3 is 0 Å². The molecule has 27 heavy (non-hydrogen) atoms. The van der Waals surface area contributed by atoms with Gasteiger partial charge in [-0.15, -0.1) is 0 Å². The third-order valence-corrected chi connectivity index (χ3v) is 5.14. The first-order chi connectivity index (χ1) is 13.0. The van der Waals surface area contributed by atoms with Gasteiger partial charge in [0.1, 0.15) is 5.82 Å². The van der Waals surface area contributed by atoms with Gasteiger partial charge < -0.3 is 9.80 Å². The summed E-state index contributed by atoms with van der Waals surface area (Å²) < 4.78 is 13.1. The quantitative estimate of drug-likeness (QED) is 0.817. The molecule has 0 aromatic heterocycles. The molecule has 1 atom stereocenters. The molecule has 1 aliphatic rings. The Bertz CT molecular complexity index is 819. The second kappa shape index (κ2) is 8.33. The highest BCUT2D eigenvalue weighted by atomic mass is 19.1. The number of benzene rings is 2. The minimum atomic E-state index is -0.366. The maximum atomic E-state index is 13.2. The Labute approximate surface area is 159 Å². The van der Waals surface area contributed by atoms with Crippen molar-refractivity contribution in [1.82, 2.24) is 4.90 Å². The molecule has 5 heteroatoms. The van der Waals surface area contributed by atoms with Gasteiger partial charge in [-0.25, -0.2) is 4.39 Å². The third kappa shape index (κ3) is 4.18. The molecule has 1 aliphatic heterocycles. The summed E-state index contributed by atoms with van der Waals surface area (Å²) >= 11 is 0. The molecule has 3 rings (SSSR count). The Kier molecular flexibility index (Phi) is 5.89. The molecular formula is C22H25FN2O2. The molecule has 1 heterocycles. The third-order valence-electron chi connectivity index (χ3n) is 5.14. The molecule has 0 N–H and O–H groups in total. The van der Waals surface area contributed by atoms with Gasteiger partial charge in [0.2, 0.25) is 5.91 Å². The Balaban J connectivity index is 1.75. The number of hydrogen-bond donors (Lipinski definition) is 0. The monoisotopic (exact) mass is 368 g/mol. The van der Waals surface area contributed by atoms with Crippen LogP contribution in [0.25, 0.3) is 0 Å². The molecule has 0 spiro atoms. The van der Waals surface area contributed by atoms with Gasteiger partial charge in [-0.1, -0.05) is 18.2 Å². The number of carbonyl (C=O) groups excluding carboxylic acids is 2. The smallest absolute Gasteiger partial charge is 0.253 e. The molecular weight excluding hydrogens is 343 g/mol. The van der Waals surface area contributed by atoms with E-state index in [-0.39, 0.29) is 23.5 Å². The summed E-state index contributed by atoms with van der Waals surface area (Å²) in [6.45, 7) is 5.57. The Morgan fingerprint density at radius 1 is 1.15 bits per heavy atom. The number of amides is 2. The van der Waals surface area contributed by atoms with Gasteiger partial charge in [0.05, 0.1) is 5.92 Å². The van der Waals surface area contributed by atoms with Gasteiger partial charge in [0.25, 0.3) is 5.91 Å². The molecule has 1 fully saturated rings. The number of anilines is 1. The lowest BCUT2D eigenvalue weighted by Crippen LogP contribution is -2.47. The summed E-state index contributed by atoms with van der Waals surface area (Å²) in [6.07, 6.45) is 1.56. The molecule has 0 radical (unpaired) electrons. The molecule has 2 amide bonds. The summed E-state index contributed by atoms with van der Waals surface area (Å²) in [6, 6.07) is 13.4. The summed E-state index contributed by atoms with van der Waals surface area (Å²) in [5, 5.41) is 0. The lowest BCUT2D eigenvalue weighted by molar-refractivity contribution is -0.123. The van der Waals surface area contributed by atoms with Gasteiger partial charge in [0.15, 0.2) is 0 Å². The second-order valence-corrected chi connectivity index (χ2v) is 6.97. The average molecular weight is 368 g/mol. The highest BCUT2D eigenvalue weighted by Gasteiger charge is 2.32. The van der Waals surface area contributed by atoms with Crippen LogP contribution in [-0.4, -0.2) is 36.3 Å². The zero-order chi connectivity index (χ0) is 19.4. The van der Waals surface area contributed by atoms with Gasteiger partial charge in [0, 0.05) is 30.9 Å². The molecule has 0 aliphatic carbocycles. The van der Waals surface area contributed by atoms with Crippen molar-refractivity contribution in [2.24, 2.45) is 5.92 Å². The minimum absolute atomic E-state index is 0.0587. The fourth-order valence-electron chi connectivity index (χ4n) is 3.67. The van der Waals surface area contributed by atoms with E-state index < -0.39 is 0 Å². The molecule has 1 saturated heterocycles. The molecule has 2 aromatic rings. The van der Waals surface area contributed by atoms with E-state index in [1.54, 1.807) is 4.90 Å². The summed E-state index contributed by atoms with van der Waals surface area (Å²) in [7, 11) is 0. The van der Waals surface area contributed by atoms with Crippen LogP contribution in [0.2, 0.25) is 0 Å². The van der Waals surface area contributed by atoms with Crippen LogP contribution in [0.5, 0.6) is 0 Å². The van der Waals surface area contributed by atoms with Crippen molar-refractivity contribution in [3.63, 3.8) is 0 Å². The first-order valence-corrected chi connectivity index (χ1v) is 9.43. The van der Waals surface area contributed by atoms with E-state index in [0.717, 1.165) is 24.1 Å². The van der Waals surface area contributed by atoms with Crippen molar-refractivity contribution >= 4 is 17.5 Å². The lowest BCUT2D eigenvalue weighted by atomic mass is 9.95. The van der Waals surface area contributed by atoms with E-state index in [1.807, 2.05) is 43.0 Å². The van der Waals surface area contributed by atoms with E-state index in [2.05, 4.69) is 0 Å². The van der Waals surface area contributed by atoms with Crippen molar-refractivity contribution in [2.75, 3.05) is 24.5 Å². The number of rotatable bonds is 4. The Hall–Kier alpha value is -2.69. The normalized spacial score (nSPS) is 16.9. The Morgan fingerprint density at radius 2 is 1.85 bits per heavy atom. The van der Waals surface area contributed by atoms with E-state index in [1.165, 1.54) is 24.3 Å². The van der Waals surface area contributed by atoms with Crippen molar-refractivity contribution in [2.45, 2.75) is 26.7 Å². The van der Waals surface area contributed by atoms with Crippen molar-refractivity contribution in [3.8, 4) is 0 Å². The number of hydrogen-bond acceptors (Lipinski definition) is 2. The van der Waals surface area contributed by atoms with E-state index >= 15 is 0 Å². The summed E-state index contributed by atoms with van der Waals surface area (Å²) in [5.74, 6) is -0.674. The van der Waals surface area contributed by atoms with Crippen molar-refractivity contribution in [3.05, 3.63) is 65.5 Å². The maximum absolute atomic E-state index is 13.2. The van der Waals surface area contributed by atoms with Gasteiger partial charge in [-0.3, -0.25) is 9.59 Å². The fourth-order valence-corrected chi connectivity index (χ4v) is 3.67. The van der Waals surface area contributed by atoms with E-state index in [4.69, 9.17) is 0 Å². The van der Waals surface area contributed by atoms with Crippen LogP contribution in [0, 0.1) is 18.7 Å². The van der Waals surface area contributed by atoms with E-state index in [0.29, 0.717) is 25.2 Å². The average Bonchev–Trinajstić information content (AvgIpc) is 2.70. The SMILES string of the molecule is CCN(C(=O)C1CCCN(C(=O)c2ccc(F)cc2)C1)c1ccccc1C. The molecule has 142 valence electrons. The lowest BCUT2D eigenvalue weighted by Gasteiger charge is -2.35. The molecule has 2 aromatic carbocycles. The number of carbonyl (C=O) groups is 2. The molecule has 0 bridgehead atoms. The maximum Gasteiger partial charge on any atom is 0.253 e. The topological polar surface area (TPSA) is 40.6 Å². The number of likely N-dealkylation sites (tertiary alicyclic amines) is 1. The predicted molar refractivity (Wildman–Crippen MR) is 104 cm³/mol. The fraction of sp³-hybridized carbons (Fsp3) is 0.364. The van der Waals surface area contributed by atoms with Crippen molar-refractivity contribution in [1.29, 1.82) is 0 Å². The van der Waals surface area contributed by atoms with Crippen LogP contribution in [0.3, 0.4) is 0 Å². The number of nitrogens with zero attached hydrogens (tertiary/aromatic N) is 2. The number of para-hydroxylation sites is 1. The standard InChI is InChI=1S/C22H25FN2O2/c1-3-25(20-9-5-4-7-16(20)2)22(27)18-8-6-14-24(15-18)21(26)17-10-12-19(23)13-11-17/h4-5,7,9-13,18H,3,6,8,14-15H2,1-2H3. The molecule has 0 saturated carbocycles. The Morgan fingerprint density at radius 3 is 2.52 bits per heavy atom. The number of piperidine rings is 1. The van der Waals surface area contributed by atoms with Crippen LogP contribution >= 0.6 is 0 Å². The van der Waals surface area contributed by atoms with Gasteiger partial charge in [-0.2, -0.15) is 0 Å². The van der Waals surface area contributed by atoms with Crippen LogP contribution in [0.4, 0.5) is 10.1 Å². The summed E-state index contributed by atoms with van der Waals surface area (Å²) in [5.41, 5.74) is 2.44. The van der Waals surface area contributed by atoms with Crippen LogP contribution < -0.4 is 4.90 Å². The zero-order valence-corrected chi connectivity index (χ0v) is 15.8. The number of aryl methyl sites for hydroxylation is 1. The zero-order valence-electron chi connectivity index (χ0n) is 15.8. The molecule has 1 unspecified atom stereocenters.